The first kappa shape index (κ1) is 23.3. The van der Waals surface area contributed by atoms with Crippen molar-refractivity contribution in [1.29, 1.82) is 0 Å². The number of nitrogens with zero attached hydrogens (tertiary/aromatic N) is 3. The molecule has 8 nitrogen and oxygen atoms in total. The molecule has 0 saturated carbocycles. The Labute approximate surface area is 193 Å². The number of para-hydroxylation sites is 1. The van der Waals surface area contributed by atoms with Gasteiger partial charge >= 0.3 is 5.97 Å². The van der Waals surface area contributed by atoms with Gasteiger partial charge in [0.15, 0.2) is 0 Å². The van der Waals surface area contributed by atoms with Gasteiger partial charge in [0.05, 0.1) is 34.7 Å². The van der Waals surface area contributed by atoms with Crippen molar-refractivity contribution in [2.45, 2.75) is 57.2 Å². The zero-order valence-electron chi connectivity index (χ0n) is 19.2. The maximum Gasteiger partial charge on any atom is 0.309 e. The van der Waals surface area contributed by atoms with Crippen molar-refractivity contribution >= 4 is 26.9 Å². The van der Waals surface area contributed by atoms with E-state index in [1.54, 1.807) is 24.3 Å². The second-order valence-corrected chi connectivity index (χ2v) is 10.7. The molecule has 33 heavy (non-hydrogen) atoms. The van der Waals surface area contributed by atoms with Gasteiger partial charge in [-0.1, -0.05) is 25.1 Å². The largest absolute Gasteiger partial charge is 0.491 e. The summed E-state index contributed by atoms with van der Waals surface area (Å²) >= 11 is 0. The molecule has 1 fully saturated rings. The van der Waals surface area contributed by atoms with Gasteiger partial charge in [-0.2, -0.15) is 9.40 Å². The molecule has 1 N–H and O–H groups in total. The van der Waals surface area contributed by atoms with Crippen molar-refractivity contribution in [3.05, 3.63) is 54.2 Å². The molecule has 0 aliphatic carbocycles. The van der Waals surface area contributed by atoms with Crippen LogP contribution in [0.5, 0.6) is 5.75 Å². The molecule has 2 aromatic carbocycles. The zero-order chi connectivity index (χ0) is 23.9. The normalized spacial score (nSPS) is 21.7. The van der Waals surface area contributed by atoms with Crippen LogP contribution in [0.15, 0.2) is 53.4 Å². The van der Waals surface area contributed by atoms with Gasteiger partial charge in [-0.25, -0.2) is 8.42 Å². The lowest BCUT2D eigenvalue weighted by Crippen LogP contribution is -2.35. The van der Waals surface area contributed by atoms with E-state index in [1.165, 1.54) is 4.31 Å². The van der Waals surface area contributed by atoms with Crippen molar-refractivity contribution in [2.75, 3.05) is 6.54 Å². The summed E-state index contributed by atoms with van der Waals surface area (Å²) in [5.74, 6) is -0.352. The highest BCUT2D eigenvalue weighted by Gasteiger charge is 2.44. The van der Waals surface area contributed by atoms with Gasteiger partial charge in [0.1, 0.15) is 5.75 Å². The number of carbonyl (C=O) groups is 1. The SMILES string of the molecule is CC(C)Oc1ccc(S(=O)(=O)N2C[C@H](n3nc(CC(=O)O)c4ccccc43)[C@H](C)[C@H]2C)cc1. The summed E-state index contributed by atoms with van der Waals surface area (Å²) in [5.41, 5.74) is 1.30. The number of carboxylic acid groups (broad SMARTS) is 1. The van der Waals surface area contributed by atoms with Gasteiger partial charge in [0.25, 0.3) is 0 Å². The molecule has 0 radical (unpaired) electrons. The number of sulfonamides is 1. The molecule has 1 aromatic heterocycles. The first-order valence-corrected chi connectivity index (χ1v) is 12.5. The number of hydrogen-bond acceptors (Lipinski definition) is 5. The van der Waals surface area contributed by atoms with E-state index >= 15 is 0 Å². The first-order chi connectivity index (χ1) is 15.6. The Hall–Kier alpha value is -2.91. The van der Waals surface area contributed by atoms with Crippen LogP contribution >= 0.6 is 0 Å². The van der Waals surface area contributed by atoms with E-state index < -0.39 is 16.0 Å². The van der Waals surface area contributed by atoms with Gasteiger partial charge in [-0.3, -0.25) is 9.48 Å². The number of carboxylic acids is 1. The summed E-state index contributed by atoms with van der Waals surface area (Å²) in [6.45, 7) is 8.01. The third kappa shape index (κ3) is 4.35. The Morgan fingerprint density at radius 1 is 1.15 bits per heavy atom. The minimum Gasteiger partial charge on any atom is -0.491 e. The number of benzene rings is 2. The molecule has 4 rings (SSSR count). The summed E-state index contributed by atoms with van der Waals surface area (Å²) in [4.78, 5) is 11.6. The van der Waals surface area contributed by atoms with E-state index in [0.29, 0.717) is 11.4 Å². The fourth-order valence-corrected chi connectivity index (χ4v) is 6.23. The Morgan fingerprint density at radius 3 is 2.45 bits per heavy atom. The number of aliphatic carboxylic acids is 1. The van der Waals surface area contributed by atoms with Crippen LogP contribution in [0.1, 0.15) is 39.4 Å². The molecule has 0 spiro atoms. The van der Waals surface area contributed by atoms with Crippen molar-refractivity contribution < 1.29 is 23.1 Å². The number of rotatable bonds is 7. The lowest BCUT2D eigenvalue weighted by molar-refractivity contribution is -0.136. The molecular weight excluding hydrogens is 442 g/mol. The van der Waals surface area contributed by atoms with Crippen molar-refractivity contribution in [1.82, 2.24) is 14.1 Å². The zero-order valence-corrected chi connectivity index (χ0v) is 20.0. The molecule has 2 heterocycles. The highest BCUT2D eigenvalue weighted by atomic mass is 32.2. The van der Waals surface area contributed by atoms with E-state index in [4.69, 9.17) is 4.74 Å². The minimum absolute atomic E-state index is 0.00239. The molecule has 0 bridgehead atoms. The van der Waals surface area contributed by atoms with E-state index in [2.05, 4.69) is 5.10 Å². The van der Waals surface area contributed by atoms with Crippen LogP contribution in [0.3, 0.4) is 0 Å². The molecular formula is C24H29N3O5S. The van der Waals surface area contributed by atoms with E-state index in [9.17, 15) is 18.3 Å². The second kappa shape index (κ2) is 8.79. The average Bonchev–Trinajstić information content (AvgIpc) is 3.26. The highest BCUT2D eigenvalue weighted by Crippen LogP contribution is 2.38. The molecule has 3 aromatic rings. The third-order valence-corrected chi connectivity index (χ3v) is 8.28. The predicted octanol–water partition coefficient (Wildman–Crippen LogP) is 3.72. The van der Waals surface area contributed by atoms with Gasteiger partial charge in [-0.05, 0) is 57.0 Å². The van der Waals surface area contributed by atoms with Crippen LogP contribution in [-0.2, 0) is 21.2 Å². The van der Waals surface area contributed by atoms with Crippen LogP contribution in [-0.4, -0.2) is 52.3 Å². The standard InChI is InChI=1S/C24H29N3O5S/c1-15(2)32-18-9-11-19(12-10-18)33(30,31)26-14-23(16(3)17(26)4)27-22-8-6-5-7-20(22)21(25-27)13-24(28)29/h5-12,15-17,23H,13-14H2,1-4H3,(H,28,29)/t16-,17-,23+/m1/s1. The monoisotopic (exact) mass is 471 g/mol. The Kier molecular flexibility index (Phi) is 6.20. The highest BCUT2D eigenvalue weighted by molar-refractivity contribution is 7.89. The number of aromatic nitrogens is 2. The maximum absolute atomic E-state index is 13.5. The van der Waals surface area contributed by atoms with Gasteiger partial charge < -0.3 is 9.84 Å². The van der Waals surface area contributed by atoms with Crippen molar-refractivity contribution in [2.24, 2.45) is 5.92 Å². The predicted molar refractivity (Wildman–Crippen MR) is 125 cm³/mol. The van der Waals surface area contributed by atoms with Crippen LogP contribution in [0.2, 0.25) is 0 Å². The molecule has 3 atom stereocenters. The van der Waals surface area contributed by atoms with Crippen LogP contribution in [0.25, 0.3) is 10.9 Å². The summed E-state index contributed by atoms with van der Waals surface area (Å²) in [5, 5.41) is 14.7. The van der Waals surface area contributed by atoms with E-state index in [0.717, 1.165) is 10.9 Å². The number of hydrogen-bond donors (Lipinski definition) is 1. The molecule has 1 aliphatic heterocycles. The Balaban J connectivity index is 1.67. The molecule has 1 saturated heterocycles. The van der Waals surface area contributed by atoms with E-state index in [1.807, 2.05) is 56.6 Å². The smallest absolute Gasteiger partial charge is 0.309 e. The van der Waals surface area contributed by atoms with Gasteiger partial charge in [-0.15, -0.1) is 0 Å². The second-order valence-electron chi connectivity index (χ2n) is 8.86. The molecule has 176 valence electrons. The first-order valence-electron chi connectivity index (χ1n) is 11.1. The fraction of sp³-hybridized carbons (Fsp3) is 0.417. The Morgan fingerprint density at radius 2 is 1.82 bits per heavy atom. The van der Waals surface area contributed by atoms with Crippen LogP contribution in [0.4, 0.5) is 0 Å². The molecule has 0 amide bonds. The maximum atomic E-state index is 13.5. The lowest BCUT2D eigenvalue weighted by Gasteiger charge is -2.22. The van der Waals surface area contributed by atoms with Crippen LogP contribution < -0.4 is 4.74 Å². The lowest BCUT2D eigenvalue weighted by atomic mass is 10.0. The summed E-state index contributed by atoms with van der Waals surface area (Å²) in [7, 11) is -3.73. The third-order valence-electron chi connectivity index (χ3n) is 6.31. The number of ether oxygens (including phenoxy) is 1. The Bertz CT molecular complexity index is 1270. The molecule has 1 aliphatic rings. The quantitative estimate of drug-likeness (QED) is 0.564. The summed E-state index contributed by atoms with van der Waals surface area (Å²) in [6.07, 6.45) is -0.181. The van der Waals surface area contributed by atoms with Gasteiger partial charge in [0, 0.05) is 18.0 Å². The minimum atomic E-state index is -3.73. The summed E-state index contributed by atoms with van der Waals surface area (Å²) in [6, 6.07) is 13.5. The van der Waals surface area contributed by atoms with Gasteiger partial charge in [0.2, 0.25) is 10.0 Å². The summed E-state index contributed by atoms with van der Waals surface area (Å²) < 4.78 is 35.9. The fourth-order valence-electron chi connectivity index (χ4n) is 4.50. The van der Waals surface area contributed by atoms with Crippen molar-refractivity contribution in [3.63, 3.8) is 0 Å². The van der Waals surface area contributed by atoms with E-state index in [-0.39, 0.29) is 42.0 Å². The van der Waals surface area contributed by atoms with Crippen LogP contribution in [0, 0.1) is 5.92 Å². The topological polar surface area (TPSA) is 102 Å². The number of fused-ring (bicyclic) bond motifs is 1. The average molecular weight is 472 g/mol. The molecule has 9 heteroatoms. The van der Waals surface area contributed by atoms with Crippen molar-refractivity contribution in [3.8, 4) is 5.75 Å². The molecule has 0 unspecified atom stereocenters.